The molecule has 3 N–H and O–H groups in total. The van der Waals surface area contributed by atoms with Crippen molar-refractivity contribution in [3.8, 4) is 0 Å². The van der Waals surface area contributed by atoms with Gasteiger partial charge >= 0.3 is 0 Å². The second kappa shape index (κ2) is 5.40. The molecule has 0 saturated heterocycles. The molecule has 0 fully saturated rings. The van der Waals surface area contributed by atoms with E-state index in [2.05, 4.69) is 15.3 Å². The summed E-state index contributed by atoms with van der Waals surface area (Å²) in [6, 6.07) is 1.81. The van der Waals surface area contributed by atoms with E-state index in [1.165, 1.54) is 0 Å². The Morgan fingerprint density at radius 2 is 2.29 bits per heavy atom. The van der Waals surface area contributed by atoms with Crippen LogP contribution in [0.4, 0.5) is 5.69 Å². The number of hydrogen-bond donors (Lipinski definition) is 2. The van der Waals surface area contributed by atoms with Crippen LogP contribution in [-0.2, 0) is 6.54 Å². The minimum Gasteiger partial charge on any atom is -0.389 e. The summed E-state index contributed by atoms with van der Waals surface area (Å²) in [5.74, 6) is 0. The zero-order valence-electron chi connectivity index (χ0n) is 9.21. The lowest BCUT2D eigenvalue weighted by molar-refractivity contribution is 0.726. The maximum absolute atomic E-state index is 5.63. The summed E-state index contributed by atoms with van der Waals surface area (Å²) in [5, 5.41) is 3.25. The first kappa shape index (κ1) is 11.5. The van der Waals surface area contributed by atoms with Crippen molar-refractivity contribution in [1.29, 1.82) is 0 Å². The number of thiocarbonyl (C=S) groups is 1. The van der Waals surface area contributed by atoms with Crippen LogP contribution in [0.25, 0.3) is 0 Å². The van der Waals surface area contributed by atoms with Gasteiger partial charge < -0.3 is 15.6 Å². The molecule has 17 heavy (non-hydrogen) atoms. The van der Waals surface area contributed by atoms with Gasteiger partial charge in [0.25, 0.3) is 0 Å². The molecule has 2 aromatic rings. The molecule has 5 nitrogen and oxygen atoms in total. The lowest BCUT2D eigenvalue weighted by Gasteiger charge is -2.10. The highest BCUT2D eigenvalue weighted by atomic mass is 32.1. The highest BCUT2D eigenvalue weighted by molar-refractivity contribution is 7.80. The Bertz CT molecular complexity index is 494. The molecule has 6 heteroatoms. The molecule has 0 radical (unpaired) electrons. The van der Waals surface area contributed by atoms with E-state index < -0.39 is 0 Å². The summed E-state index contributed by atoms with van der Waals surface area (Å²) in [7, 11) is 0. The molecule has 0 bridgehead atoms. The normalized spacial score (nSPS) is 10.1. The van der Waals surface area contributed by atoms with Gasteiger partial charge in [-0.1, -0.05) is 12.2 Å². The fourth-order valence-corrected chi connectivity index (χ4v) is 1.67. The van der Waals surface area contributed by atoms with Crippen LogP contribution < -0.4 is 11.1 Å². The minimum atomic E-state index is 0.373. The van der Waals surface area contributed by atoms with E-state index in [1.54, 1.807) is 24.9 Å². The van der Waals surface area contributed by atoms with E-state index in [9.17, 15) is 0 Å². The van der Waals surface area contributed by atoms with Gasteiger partial charge in [-0.05, 0) is 6.07 Å². The smallest absolute Gasteiger partial charge is 0.106 e. The van der Waals surface area contributed by atoms with Crippen molar-refractivity contribution in [1.82, 2.24) is 14.5 Å². The molecule has 2 heterocycles. The van der Waals surface area contributed by atoms with Crippen molar-refractivity contribution in [3.63, 3.8) is 0 Å². The molecule has 2 aromatic heterocycles. The Kier molecular flexibility index (Phi) is 3.66. The van der Waals surface area contributed by atoms with Crippen molar-refractivity contribution in [2.24, 2.45) is 5.73 Å². The van der Waals surface area contributed by atoms with Gasteiger partial charge in [-0.3, -0.25) is 4.98 Å². The summed E-state index contributed by atoms with van der Waals surface area (Å²) in [4.78, 5) is 8.39. The molecular formula is C11H13N5S. The number of imidazole rings is 1. The molecule has 0 aliphatic rings. The average Bonchev–Trinajstić information content (AvgIpc) is 2.82. The van der Waals surface area contributed by atoms with Crippen molar-refractivity contribution in [2.75, 3.05) is 11.9 Å². The molecule has 2 rings (SSSR count). The number of rotatable bonds is 5. The van der Waals surface area contributed by atoms with Crippen molar-refractivity contribution in [3.05, 3.63) is 42.7 Å². The van der Waals surface area contributed by atoms with Crippen molar-refractivity contribution in [2.45, 2.75) is 6.54 Å². The van der Waals surface area contributed by atoms with Crippen LogP contribution in [0.5, 0.6) is 0 Å². The predicted octanol–water partition coefficient (Wildman–Crippen LogP) is 1.02. The number of aromatic nitrogens is 3. The molecular weight excluding hydrogens is 234 g/mol. The minimum absolute atomic E-state index is 0.373. The van der Waals surface area contributed by atoms with Crippen LogP contribution in [0.3, 0.4) is 0 Å². The van der Waals surface area contributed by atoms with Gasteiger partial charge in [-0.2, -0.15) is 0 Å². The molecule has 0 aliphatic heterocycles. The van der Waals surface area contributed by atoms with Gasteiger partial charge in [0.15, 0.2) is 0 Å². The van der Waals surface area contributed by atoms with E-state index in [1.807, 2.05) is 16.8 Å². The lowest BCUT2D eigenvalue weighted by atomic mass is 10.2. The molecule has 0 saturated carbocycles. The summed E-state index contributed by atoms with van der Waals surface area (Å²) < 4.78 is 1.99. The topological polar surface area (TPSA) is 68.8 Å². The summed E-state index contributed by atoms with van der Waals surface area (Å²) in [5.41, 5.74) is 7.31. The van der Waals surface area contributed by atoms with Gasteiger partial charge in [0.1, 0.15) is 4.99 Å². The van der Waals surface area contributed by atoms with Crippen LogP contribution in [-0.4, -0.2) is 26.1 Å². The molecule has 0 aromatic carbocycles. The standard InChI is InChI=1S/C11H13N5S/c12-11(17)9-1-2-13-7-10(9)15-4-6-16-5-3-14-8-16/h1-3,5,7-8,15H,4,6H2,(H2,12,17). The quantitative estimate of drug-likeness (QED) is 0.772. The third-order valence-corrected chi connectivity index (χ3v) is 2.55. The molecule has 88 valence electrons. The van der Waals surface area contributed by atoms with Crippen LogP contribution in [0.1, 0.15) is 5.56 Å². The maximum Gasteiger partial charge on any atom is 0.106 e. The van der Waals surface area contributed by atoms with Crippen molar-refractivity contribution >= 4 is 22.9 Å². The first-order chi connectivity index (χ1) is 8.27. The predicted molar refractivity (Wildman–Crippen MR) is 70.8 cm³/mol. The first-order valence-corrected chi connectivity index (χ1v) is 5.61. The number of nitrogens with zero attached hydrogens (tertiary/aromatic N) is 3. The van der Waals surface area contributed by atoms with E-state index in [-0.39, 0.29) is 0 Å². The Morgan fingerprint density at radius 3 is 3.00 bits per heavy atom. The third kappa shape index (κ3) is 3.01. The second-order valence-electron chi connectivity index (χ2n) is 3.51. The molecule has 0 spiro atoms. The van der Waals surface area contributed by atoms with Crippen molar-refractivity contribution < 1.29 is 0 Å². The van der Waals surface area contributed by atoms with E-state index in [4.69, 9.17) is 18.0 Å². The SMILES string of the molecule is NC(=S)c1ccncc1NCCn1ccnc1. The van der Waals surface area contributed by atoms with Gasteiger partial charge in [0, 0.05) is 37.2 Å². The highest BCUT2D eigenvalue weighted by Crippen LogP contribution is 2.12. The first-order valence-electron chi connectivity index (χ1n) is 5.21. The zero-order valence-corrected chi connectivity index (χ0v) is 10.0. The van der Waals surface area contributed by atoms with E-state index >= 15 is 0 Å². The number of nitrogens with two attached hydrogens (primary N) is 1. The second-order valence-corrected chi connectivity index (χ2v) is 3.95. The Balaban J connectivity index is 1.97. The van der Waals surface area contributed by atoms with Gasteiger partial charge in [0.2, 0.25) is 0 Å². The zero-order chi connectivity index (χ0) is 12.1. The monoisotopic (exact) mass is 247 g/mol. The molecule has 0 aliphatic carbocycles. The molecule has 0 atom stereocenters. The fourth-order valence-electron chi connectivity index (χ4n) is 1.49. The van der Waals surface area contributed by atoms with Crippen LogP contribution in [0.15, 0.2) is 37.2 Å². The maximum atomic E-state index is 5.63. The molecule has 0 amide bonds. The number of hydrogen-bond acceptors (Lipinski definition) is 4. The number of anilines is 1. The summed E-state index contributed by atoms with van der Waals surface area (Å²) >= 11 is 4.97. The fraction of sp³-hybridized carbons (Fsp3) is 0.182. The van der Waals surface area contributed by atoms with E-state index in [0.717, 1.165) is 24.3 Å². The lowest BCUT2D eigenvalue weighted by Crippen LogP contribution is -2.15. The number of pyridine rings is 1. The summed E-state index contributed by atoms with van der Waals surface area (Å²) in [6.07, 6.45) is 8.85. The molecule has 0 unspecified atom stereocenters. The summed E-state index contributed by atoms with van der Waals surface area (Å²) in [6.45, 7) is 1.59. The Hall–Kier alpha value is -1.95. The van der Waals surface area contributed by atoms with Gasteiger partial charge in [-0.15, -0.1) is 0 Å². The third-order valence-electron chi connectivity index (χ3n) is 2.33. The average molecular weight is 247 g/mol. The van der Waals surface area contributed by atoms with E-state index in [0.29, 0.717) is 4.99 Å². The Morgan fingerprint density at radius 1 is 1.41 bits per heavy atom. The van der Waals surface area contributed by atoms with Crippen LogP contribution >= 0.6 is 12.2 Å². The Labute approximate surface area is 105 Å². The highest BCUT2D eigenvalue weighted by Gasteiger charge is 2.03. The van der Waals surface area contributed by atoms with Crippen LogP contribution in [0, 0.1) is 0 Å². The van der Waals surface area contributed by atoms with Crippen LogP contribution in [0.2, 0.25) is 0 Å². The van der Waals surface area contributed by atoms with Gasteiger partial charge in [0.05, 0.1) is 18.2 Å². The largest absolute Gasteiger partial charge is 0.389 e. The van der Waals surface area contributed by atoms with Gasteiger partial charge in [-0.25, -0.2) is 4.98 Å². The number of nitrogens with one attached hydrogen (secondary N) is 1.